The Morgan fingerprint density at radius 3 is 1.90 bits per heavy atom. The van der Waals surface area contributed by atoms with Crippen LogP contribution in [0.2, 0.25) is 0 Å². The number of nitrogens with zero attached hydrogens (tertiary/aromatic N) is 4. The normalized spacial score (nSPS) is 19.5. The molecule has 2 aliphatic heterocycles. The summed E-state index contributed by atoms with van der Waals surface area (Å²) in [4.78, 5) is 44.7. The van der Waals surface area contributed by atoms with Crippen molar-refractivity contribution in [3.05, 3.63) is 137 Å². The van der Waals surface area contributed by atoms with Gasteiger partial charge in [-0.05, 0) is 85.6 Å². The molecule has 1 N–H and O–H groups in total. The van der Waals surface area contributed by atoms with Crippen LogP contribution in [0.25, 0.3) is 0 Å². The van der Waals surface area contributed by atoms with Crippen molar-refractivity contribution in [3.8, 4) is 0 Å². The predicted molar refractivity (Wildman–Crippen MR) is 214 cm³/mol. The maximum atomic E-state index is 13.8. The number of halogens is 5. The molecule has 4 aromatic carbocycles. The molecule has 14 heteroatoms. The molecule has 2 saturated heterocycles. The Morgan fingerprint density at radius 1 is 0.780 bits per heavy atom. The summed E-state index contributed by atoms with van der Waals surface area (Å²) in [6.45, 7) is 7.50. The minimum atomic E-state index is -5.25. The van der Waals surface area contributed by atoms with Gasteiger partial charge < -0.3 is 19.4 Å². The van der Waals surface area contributed by atoms with Crippen molar-refractivity contribution < 1.29 is 45.6 Å². The number of nitrogens with one attached hydrogen (secondary N) is 1. The van der Waals surface area contributed by atoms with Crippen LogP contribution < -0.4 is 10.2 Å². The van der Waals surface area contributed by atoms with Crippen LogP contribution in [0.3, 0.4) is 0 Å². The molecule has 0 aromatic heterocycles. The van der Waals surface area contributed by atoms with Crippen molar-refractivity contribution in [1.29, 1.82) is 0 Å². The van der Waals surface area contributed by atoms with Crippen molar-refractivity contribution in [2.75, 3.05) is 65.3 Å². The number of benzene rings is 4. The van der Waals surface area contributed by atoms with Crippen molar-refractivity contribution >= 4 is 23.5 Å². The van der Waals surface area contributed by atoms with Crippen LogP contribution in [0.5, 0.6) is 0 Å². The summed E-state index contributed by atoms with van der Waals surface area (Å²) in [6.07, 6.45) is -6.55. The molecule has 2 amide bonds. The third-order valence-electron chi connectivity index (χ3n) is 11.5. The highest BCUT2D eigenvalue weighted by atomic mass is 19.4. The molecule has 2 aliphatic rings. The molecular weight excluding hydrogens is 770 g/mol. The number of ether oxygens (including phenoxy) is 1. The van der Waals surface area contributed by atoms with Gasteiger partial charge in [-0.15, -0.1) is 0 Å². The van der Waals surface area contributed by atoms with E-state index in [1.165, 1.54) is 46.9 Å². The first kappa shape index (κ1) is 43.4. The summed E-state index contributed by atoms with van der Waals surface area (Å²) < 4.78 is 72.8. The lowest BCUT2D eigenvalue weighted by atomic mass is 9.78. The molecule has 3 unspecified atom stereocenters. The van der Waals surface area contributed by atoms with E-state index in [0.717, 1.165) is 73.6 Å². The van der Waals surface area contributed by atoms with E-state index in [9.17, 15) is 36.3 Å². The summed E-state index contributed by atoms with van der Waals surface area (Å²) in [7, 11) is 6.66. The lowest BCUT2D eigenvalue weighted by molar-refractivity contribution is -0.921. The number of β-lactam (4-membered cyclic amide) rings is 1. The molecule has 0 bridgehead atoms. The minimum Gasteiger partial charge on any atom is -0.451 e. The topological polar surface area (TPSA) is 82.2 Å². The zero-order chi connectivity index (χ0) is 42.3. The molecule has 6 rings (SSSR count). The zero-order valence-electron chi connectivity index (χ0n) is 33.6. The molecule has 2 heterocycles. The molecule has 0 radical (unpaired) electrons. The maximum Gasteiger partial charge on any atom is 0.490 e. The zero-order valence-corrected chi connectivity index (χ0v) is 33.6. The molecule has 2 fully saturated rings. The number of carbonyl (C=O) groups is 3. The first-order chi connectivity index (χ1) is 28.1. The number of anilines is 1. The van der Waals surface area contributed by atoms with E-state index in [1.807, 2.05) is 36.4 Å². The summed E-state index contributed by atoms with van der Waals surface area (Å²) in [6, 6.07) is 24.9. The average Bonchev–Trinajstić information content (AvgIpc) is 3.26. The second kappa shape index (κ2) is 18.8. The molecule has 0 spiro atoms. The number of alkyl halides is 3. The Hall–Kier alpha value is -5.18. The van der Waals surface area contributed by atoms with E-state index >= 15 is 0 Å². The molecule has 3 atom stereocenters. The van der Waals surface area contributed by atoms with Gasteiger partial charge in [0.15, 0.2) is 0 Å². The fourth-order valence-corrected chi connectivity index (χ4v) is 7.74. The van der Waals surface area contributed by atoms with Crippen LogP contribution in [0.1, 0.15) is 52.8 Å². The lowest BCUT2D eigenvalue weighted by Crippen LogP contribution is -2.55. The number of amides is 2. The lowest BCUT2D eigenvalue weighted by Gasteiger charge is -2.48. The van der Waals surface area contributed by atoms with Crippen molar-refractivity contribution in [1.82, 2.24) is 15.1 Å². The summed E-state index contributed by atoms with van der Waals surface area (Å²) in [5.41, 5.74) is 4.24. The molecular formula is C45H51F5N5O4+. The fourth-order valence-electron chi connectivity index (χ4n) is 7.74. The Labute approximate surface area is 341 Å². The second-order valence-corrected chi connectivity index (χ2v) is 16.1. The highest BCUT2D eigenvalue weighted by molar-refractivity contribution is 6.03. The summed E-state index contributed by atoms with van der Waals surface area (Å²) in [5.74, 6) is -4.70. The first-order valence-electron chi connectivity index (χ1n) is 19.8. The number of hydrogen-bond donors (Lipinski definition) is 1. The Bertz CT molecular complexity index is 2030. The van der Waals surface area contributed by atoms with E-state index in [-0.39, 0.29) is 43.2 Å². The van der Waals surface area contributed by atoms with Gasteiger partial charge >= 0.3 is 12.1 Å². The van der Waals surface area contributed by atoms with Crippen LogP contribution in [0.4, 0.5) is 27.6 Å². The van der Waals surface area contributed by atoms with Crippen molar-refractivity contribution in [2.45, 2.75) is 50.7 Å². The quantitative estimate of drug-likeness (QED) is 0.0680. The average molecular weight is 821 g/mol. The molecule has 9 nitrogen and oxygen atoms in total. The highest BCUT2D eigenvalue weighted by Crippen LogP contribution is 2.47. The minimum absolute atomic E-state index is 0.0286. The van der Waals surface area contributed by atoms with Gasteiger partial charge in [-0.2, -0.15) is 13.2 Å². The van der Waals surface area contributed by atoms with Gasteiger partial charge in [0.25, 0.3) is 0 Å². The second-order valence-electron chi connectivity index (χ2n) is 16.1. The molecule has 314 valence electrons. The van der Waals surface area contributed by atoms with Gasteiger partial charge in [0.1, 0.15) is 24.3 Å². The van der Waals surface area contributed by atoms with E-state index in [1.54, 1.807) is 0 Å². The highest BCUT2D eigenvalue weighted by Gasteiger charge is 2.49. The summed E-state index contributed by atoms with van der Waals surface area (Å²) >= 11 is 0. The van der Waals surface area contributed by atoms with Crippen LogP contribution in [-0.4, -0.2) is 98.7 Å². The Balaban J connectivity index is 1.08. The van der Waals surface area contributed by atoms with Crippen molar-refractivity contribution in [3.63, 3.8) is 0 Å². The van der Waals surface area contributed by atoms with Crippen LogP contribution in [0.15, 0.2) is 97.1 Å². The van der Waals surface area contributed by atoms with Crippen LogP contribution >= 0.6 is 0 Å². The van der Waals surface area contributed by atoms with E-state index in [0.29, 0.717) is 11.3 Å². The van der Waals surface area contributed by atoms with Gasteiger partial charge in [0.05, 0.1) is 38.5 Å². The van der Waals surface area contributed by atoms with Crippen molar-refractivity contribution in [2.24, 2.45) is 5.92 Å². The van der Waals surface area contributed by atoms with Crippen LogP contribution in [-0.2, 0) is 38.6 Å². The van der Waals surface area contributed by atoms with Gasteiger partial charge in [0.2, 0.25) is 11.8 Å². The maximum absolute atomic E-state index is 13.8. The molecule has 4 aromatic rings. The van der Waals surface area contributed by atoms with Gasteiger partial charge in [-0.25, -0.2) is 13.6 Å². The van der Waals surface area contributed by atoms with Crippen LogP contribution in [0, 0.1) is 17.6 Å². The fraction of sp³-hybridized carbons (Fsp3) is 0.400. The van der Waals surface area contributed by atoms with E-state index in [2.05, 4.69) is 48.4 Å². The smallest absolute Gasteiger partial charge is 0.451 e. The van der Waals surface area contributed by atoms with E-state index < -0.39 is 41.8 Å². The molecule has 0 aliphatic carbocycles. The number of carbonyl (C=O) groups excluding carboxylic acids is 3. The Kier molecular flexibility index (Phi) is 13.8. The first-order valence-corrected chi connectivity index (χ1v) is 19.8. The van der Waals surface area contributed by atoms with E-state index in [4.69, 9.17) is 4.74 Å². The molecule has 0 saturated carbocycles. The van der Waals surface area contributed by atoms with Gasteiger partial charge in [-0.1, -0.05) is 60.7 Å². The Morgan fingerprint density at radius 2 is 1.32 bits per heavy atom. The predicted octanol–water partition coefficient (Wildman–Crippen LogP) is 6.98. The largest absolute Gasteiger partial charge is 0.490 e. The number of likely N-dealkylation sites (N-methyl/N-ethyl adjacent to an activating group) is 3. The number of hydrogen-bond acceptors (Lipinski definition) is 6. The summed E-state index contributed by atoms with van der Waals surface area (Å²) in [5, 5.41) is 2.97. The third-order valence-corrected chi connectivity index (χ3v) is 11.5. The SMILES string of the molecule is CN1CCN(C)CC[N+](C)(Cc2ccc(CC(=O)NCc3ccc(C4C(CCC(OC(=O)C(F)(F)F)c5ccc(F)cc5)C(=O)N4c4ccc(F)cc4)cc3)cc2)CC1. The third kappa shape index (κ3) is 11.5. The van der Waals surface area contributed by atoms with Gasteiger partial charge in [0, 0.05) is 44.0 Å². The number of quaternary nitrogens is 1. The number of esters is 1. The standard InChI is InChI=1S/C45H50F5N5O4/c1-52-22-23-53(2)25-27-55(3,26-24-52)30-33-6-4-31(5-7-33)28-41(56)51-29-32-8-10-35(11-9-32)42-39(43(57)54(42)38-18-16-37(47)17-19-38)20-21-40(59-44(58)45(48,49)50)34-12-14-36(46)15-13-34/h4-19,39-40,42H,20-30H2,1-3H3/p+1. The number of rotatable bonds is 13. The van der Waals surface area contributed by atoms with Gasteiger partial charge in [-0.3, -0.25) is 19.4 Å². The molecule has 59 heavy (non-hydrogen) atoms. The monoisotopic (exact) mass is 820 g/mol.